The molecule has 0 saturated heterocycles. The summed E-state index contributed by atoms with van der Waals surface area (Å²) >= 11 is 0. The SMILES string of the molecule is C[C@]12CC[C@H]3[C@@H](CCC4=C[C@@H](O)CC[C@@]43C=O)[C@@]1(O)CC[C@@H]2C1=CC(=O)OC1. The summed E-state index contributed by atoms with van der Waals surface area (Å²) < 4.78 is 5.17. The van der Waals surface area contributed by atoms with E-state index >= 15 is 0 Å². The summed E-state index contributed by atoms with van der Waals surface area (Å²) in [6.45, 7) is 2.54. The van der Waals surface area contributed by atoms with Gasteiger partial charge in [-0.05, 0) is 74.7 Å². The summed E-state index contributed by atoms with van der Waals surface area (Å²) in [6, 6.07) is 0. The van der Waals surface area contributed by atoms with Gasteiger partial charge in [-0.2, -0.15) is 0 Å². The van der Waals surface area contributed by atoms with Crippen molar-refractivity contribution in [2.24, 2.45) is 28.6 Å². The molecule has 5 aliphatic rings. The van der Waals surface area contributed by atoms with E-state index in [0.29, 0.717) is 19.4 Å². The minimum atomic E-state index is -0.815. The lowest BCUT2D eigenvalue weighted by atomic mass is 9.45. The van der Waals surface area contributed by atoms with Crippen LogP contribution in [0.5, 0.6) is 0 Å². The lowest BCUT2D eigenvalue weighted by Gasteiger charge is -2.61. The van der Waals surface area contributed by atoms with E-state index in [1.54, 1.807) is 6.08 Å². The van der Waals surface area contributed by atoms with Crippen LogP contribution < -0.4 is 0 Å². The molecule has 3 fully saturated rings. The largest absolute Gasteiger partial charge is 0.458 e. The number of aldehydes is 1. The highest BCUT2D eigenvalue weighted by Crippen LogP contribution is 2.69. The Morgan fingerprint density at radius 2 is 1.96 bits per heavy atom. The number of fused-ring (bicyclic) bond motifs is 5. The monoisotopic (exact) mass is 386 g/mol. The van der Waals surface area contributed by atoms with Crippen LogP contribution in [0.2, 0.25) is 0 Å². The predicted molar refractivity (Wildman–Crippen MR) is 102 cm³/mol. The third-order valence-electron chi connectivity index (χ3n) is 9.22. The standard InChI is InChI=1S/C23H30O5/c1-21-7-5-18-19(3-2-15-11-16(25)4-8-22(15,18)13-24)23(21,27)9-6-17(21)14-10-20(26)28-12-14/h10-11,13,16-19,25,27H,2-9,12H2,1H3/t16-,17+,18-,19+,21+,22+,23-/m0/s1. The number of aliphatic hydroxyl groups is 2. The molecule has 28 heavy (non-hydrogen) atoms. The lowest BCUT2D eigenvalue weighted by molar-refractivity contribution is -0.183. The maximum atomic E-state index is 12.4. The number of aliphatic hydroxyl groups excluding tert-OH is 1. The first kappa shape index (κ1) is 18.6. The first-order chi connectivity index (χ1) is 13.3. The van der Waals surface area contributed by atoms with Crippen molar-refractivity contribution >= 4 is 12.3 Å². The molecular weight excluding hydrogens is 356 g/mol. The molecule has 1 aliphatic heterocycles. The Bertz CT molecular complexity index is 784. The van der Waals surface area contributed by atoms with E-state index in [-0.39, 0.29) is 29.1 Å². The molecule has 0 bridgehead atoms. The van der Waals surface area contributed by atoms with Crippen LogP contribution in [0.1, 0.15) is 58.3 Å². The number of carbonyl (C=O) groups excluding carboxylic acids is 2. The van der Waals surface area contributed by atoms with Gasteiger partial charge in [-0.15, -0.1) is 0 Å². The van der Waals surface area contributed by atoms with E-state index in [2.05, 4.69) is 6.92 Å². The second kappa shape index (κ2) is 6.02. The summed E-state index contributed by atoms with van der Waals surface area (Å²) in [5.41, 5.74) is 0.520. The molecule has 5 rings (SSSR count). The van der Waals surface area contributed by atoms with Gasteiger partial charge in [-0.25, -0.2) is 4.79 Å². The van der Waals surface area contributed by atoms with E-state index in [0.717, 1.165) is 56.0 Å². The number of hydrogen-bond acceptors (Lipinski definition) is 5. The molecule has 1 heterocycles. The first-order valence-electron chi connectivity index (χ1n) is 10.8. The Labute approximate surface area is 165 Å². The van der Waals surface area contributed by atoms with Gasteiger partial charge in [0.2, 0.25) is 0 Å². The second-order valence-corrected chi connectivity index (χ2v) is 10.0. The fourth-order valence-electron chi connectivity index (χ4n) is 7.79. The summed E-state index contributed by atoms with van der Waals surface area (Å²) in [4.78, 5) is 24.0. The van der Waals surface area contributed by atoms with Crippen molar-refractivity contribution in [1.29, 1.82) is 0 Å². The van der Waals surface area contributed by atoms with Gasteiger partial charge in [0.15, 0.2) is 0 Å². The minimum absolute atomic E-state index is 0.0902. The highest BCUT2D eigenvalue weighted by molar-refractivity contribution is 5.85. The van der Waals surface area contributed by atoms with E-state index in [4.69, 9.17) is 4.74 Å². The number of esters is 1. The van der Waals surface area contributed by atoms with E-state index in [1.807, 2.05) is 6.08 Å². The zero-order valence-corrected chi connectivity index (χ0v) is 16.5. The maximum Gasteiger partial charge on any atom is 0.331 e. The molecule has 7 atom stereocenters. The minimum Gasteiger partial charge on any atom is -0.458 e. The van der Waals surface area contributed by atoms with E-state index < -0.39 is 17.1 Å². The van der Waals surface area contributed by atoms with Gasteiger partial charge in [-0.3, -0.25) is 0 Å². The van der Waals surface area contributed by atoms with Crippen molar-refractivity contribution in [3.8, 4) is 0 Å². The molecule has 0 unspecified atom stereocenters. The average Bonchev–Trinajstić information content (AvgIpc) is 3.22. The molecule has 5 heteroatoms. The molecule has 3 saturated carbocycles. The summed E-state index contributed by atoms with van der Waals surface area (Å²) in [6.07, 6.45) is 10.5. The third kappa shape index (κ3) is 2.20. The third-order valence-corrected chi connectivity index (χ3v) is 9.22. The van der Waals surface area contributed by atoms with Gasteiger partial charge < -0.3 is 19.7 Å². The molecule has 4 aliphatic carbocycles. The van der Waals surface area contributed by atoms with Crippen LogP contribution in [0, 0.1) is 28.6 Å². The van der Waals surface area contributed by atoms with Gasteiger partial charge >= 0.3 is 5.97 Å². The van der Waals surface area contributed by atoms with Crippen molar-refractivity contribution in [2.75, 3.05) is 6.61 Å². The number of allylic oxidation sites excluding steroid dienone is 1. The van der Waals surface area contributed by atoms with Gasteiger partial charge in [0.05, 0.1) is 17.1 Å². The fraction of sp³-hybridized carbons (Fsp3) is 0.739. The van der Waals surface area contributed by atoms with Crippen molar-refractivity contribution in [1.82, 2.24) is 0 Å². The molecule has 0 aromatic heterocycles. The molecule has 0 spiro atoms. The molecule has 2 N–H and O–H groups in total. The highest BCUT2D eigenvalue weighted by Gasteiger charge is 2.67. The Morgan fingerprint density at radius 3 is 2.68 bits per heavy atom. The topological polar surface area (TPSA) is 83.8 Å². The fourth-order valence-corrected chi connectivity index (χ4v) is 7.79. The molecule has 5 nitrogen and oxygen atoms in total. The molecular formula is C23H30O5. The number of carbonyl (C=O) groups is 2. The van der Waals surface area contributed by atoms with Gasteiger partial charge in [0.25, 0.3) is 0 Å². The van der Waals surface area contributed by atoms with Gasteiger partial charge in [0.1, 0.15) is 12.9 Å². The highest BCUT2D eigenvalue weighted by atomic mass is 16.5. The van der Waals surface area contributed by atoms with E-state index in [9.17, 15) is 19.8 Å². The summed E-state index contributed by atoms with van der Waals surface area (Å²) in [5.74, 6) is 0.135. The van der Waals surface area contributed by atoms with Gasteiger partial charge in [0, 0.05) is 11.5 Å². The Hall–Kier alpha value is -1.46. The molecule has 0 aromatic carbocycles. The average molecular weight is 386 g/mol. The van der Waals surface area contributed by atoms with Crippen LogP contribution in [0.3, 0.4) is 0 Å². The van der Waals surface area contributed by atoms with Crippen LogP contribution in [-0.4, -0.2) is 40.8 Å². The Morgan fingerprint density at radius 1 is 1.14 bits per heavy atom. The van der Waals surface area contributed by atoms with Crippen molar-refractivity contribution in [2.45, 2.75) is 70.0 Å². The molecule has 0 aromatic rings. The zero-order valence-electron chi connectivity index (χ0n) is 16.5. The Balaban J connectivity index is 1.52. The zero-order chi connectivity index (χ0) is 19.7. The van der Waals surface area contributed by atoms with Crippen LogP contribution in [-0.2, 0) is 14.3 Å². The van der Waals surface area contributed by atoms with Crippen molar-refractivity contribution in [3.05, 3.63) is 23.3 Å². The van der Waals surface area contributed by atoms with Crippen molar-refractivity contribution in [3.63, 3.8) is 0 Å². The summed E-state index contributed by atoms with van der Waals surface area (Å²) in [5, 5.41) is 22.2. The lowest BCUT2D eigenvalue weighted by Crippen LogP contribution is -2.61. The van der Waals surface area contributed by atoms with Crippen LogP contribution in [0.4, 0.5) is 0 Å². The normalized spacial score (nSPS) is 50.0. The summed E-state index contributed by atoms with van der Waals surface area (Å²) in [7, 11) is 0. The van der Waals surface area contributed by atoms with Gasteiger partial charge in [-0.1, -0.05) is 18.6 Å². The number of rotatable bonds is 2. The van der Waals surface area contributed by atoms with Crippen LogP contribution >= 0.6 is 0 Å². The van der Waals surface area contributed by atoms with Crippen LogP contribution in [0.25, 0.3) is 0 Å². The Kier molecular flexibility index (Phi) is 3.99. The maximum absolute atomic E-state index is 12.4. The smallest absolute Gasteiger partial charge is 0.331 e. The number of cyclic esters (lactones) is 1. The predicted octanol–water partition coefficient (Wildman–Crippen LogP) is 2.70. The van der Waals surface area contributed by atoms with Crippen molar-refractivity contribution < 1.29 is 24.5 Å². The first-order valence-corrected chi connectivity index (χ1v) is 10.8. The van der Waals surface area contributed by atoms with E-state index in [1.165, 1.54) is 0 Å². The number of ether oxygens (including phenoxy) is 1. The molecule has 0 radical (unpaired) electrons. The second-order valence-electron chi connectivity index (χ2n) is 10.0. The molecule has 0 amide bonds. The van der Waals surface area contributed by atoms with Crippen LogP contribution in [0.15, 0.2) is 23.3 Å². The number of hydrogen-bond donors (Lipinski definition) is 2. The molecule has 152 valence electrons. The quantitative estimate of drug-likeness (QED) is 0.433.